The lowest BCUT2D eigenvalue weighted by molar-refractivity contribution is -0.127. The van der Waals surface area contributed by atoms with Gasteiger partial charge in [-0.05, 0) is 55.6 Å². The third-order valence-corrected chi connectivity index (χ3v) is 5.28. The summed E-state index contributed by atoms with van der Waals surface area (Å²) in [4.78, 5) is 12.7. The Bertz CT molecular complexity index is 430. The van der Waals surface area contributed by atoms with E-state index in [0.717, 1.165) is 31.6 Å². The summed E-state index contributed by atoms with van der Waals surface area (Å²) in [6.07, 6.45) is 8.09. The average molecular weight is 256 g/mol. The first kappa shape index (κ1) is 12.9. The summed E-state index contributed by atoms with van der Waals surface area (Å²) in [7, 11) is 0. The van der Waals surface area contributed by atoms with E-state index in [9.17, 15) is 4.79 Å². The van der Waals surface area contributed by atoms with E-state index >= 15 is 0 Å². The van der Waals surface area contributed by atoms with Crippen molar-refractivity contribution in [1.29, 1.82) is 0 Å². The molecule has 1 fully saturated rings. The fraction of sp³-hybridized carbons (Fsp3) is 0.611. The van der Waals surface area contributed by atoms with E-state index in [-0.39, 0.29) is 5.92 Å². The lowest BCUT2D eigenvalue weighted by Crippen LogP contribution is -2.28. The van der Waals surface area contributed by atoms with Gasteiger partial charge < -0.3 is 0 Å². The first-order valence-electron chi connectivity index (χ1n) is 7.88. The van der Waals surface area contributed by atoms with Crippen LogP contribution in [-0.4, -0.2) is 5.78 Å². The predicted octanol–water partition coefficient (Wildman–Crippen LogP) is 4.19. The van der Waals surface area contributed by atoms with Crippen LogP contribution in [0.3, 0.4) is 0 Å². The highest BCUT2D eigenvalue weighted by atomic mass is 16.1. The molecule has 0 aromatic heterocycles. The van der Waals surface area contributed by atoms with Crippen LogP contribution in [0, 0.1) is 17.8 Å². The van der Waals surface area contributed by atoms with E-state index in [0.29, 0.717) is 11.7 Å². The van der Waals surface area contributed by atoms with Crippen molar-refractivity contribution in [3.05, 3.63) is 35.4 Å². The maximum atomic E-state index is 12.7. The molecule has 0 radical (unpaired) electrons. The second-order valence-electron chi connectivity index (χ2n) is 6.40. The van der Waals surface area contributed by atoms with Gasteiger partial charge in [0.05, 0.1) is 0 Å². The molecule has 0 aliphatic heterocycles. The van der Waals surface area contributed by atoms with Crippen molar-refractivity contribution >= 4 is 5.78 Å². The Morgan fingerprint density at radius 1 is 1.00 bits per heavy atom. The molecule has 3 rings (SSSR count). The van der Waals surface area contributed by atoms with Crippen molar-refractivity contribution in [2.24, 2.45) is 17.8 Å². The van der Waals surface area contributed by atoms with Crippen LogP contribution in [0.4, 0.5) is 0 Å². The van der Waals surface area contributed by atoms with Crippen molar-refractivity contribution in [2.75, 3.05) is 0 Å². The van der Waals surface area contributed by atoms with Crippen LogP contribution >= 0.6 is 0 Å². The van der Waals surface area contributed by atoms with Gasteiger partial charge in [-0.1, -0.05) is 37.6 Å². The zero-order chi connectivity index (χ0) is 13.2. The van der Waals surface area contributed by atoms with Crippen LogP contribution in [-0.2, 0) is 17.6 Å². The summed E-state index contributed by atoms with van der Waals surface area (Å²) in [6.45, 7) is 2.28. The molecule has 102 valence electrons. The molecule has 0 atom stereocenters. The number of hydrogen-bond acceptors (Lipinski definition) is 1. The number of benzene rings is 1. The minimum absolute atomic E-state index is 0.278. The highest BCUT2D eigenvalue weighted by molar-refractivity contribution is 5.84. The standard InChI is InChI=1S/C18H24O/c1-2-13-7-9-14(10-8-13)18(19)17-11-15-5-3-4-6-16(15)12-17/h3-6,13-14,17H,2,7-12H2,1H3. The largest absolute Gasteiger partial charge is 0.299 e. The number of ketones is 1. The normalized spacial score (nSPS) is 27.2. The van der Waals surface area contributed by atoms with Crippen LogP contribution in [0.5, 0.6) is 0 Å². The Balaban J connectivity index is 1.61. The number of fused-ring (bicyclic) bond motifs is 1. The van der Waals surface area contributed by atoms with E-state index in [1.54, 1.807) is 0 Å². The molecule has 1 heteroatoms. The molecule has 0 unspecified atom stereocenters. The zero-order valence-corrected chi connectivity index (χ0v) is 11.9. The molecule has 0 heterocycles. The average Bonchev–Trinajstić information content (AvgIpc) is 2.90. The number of hydrogen-bond donors (Lipinski definition) is 0. The van der Waals surface area contributed by atoms with E-state index in [1.807, 2.05) is 0 Å². The van der Waals surface area contributed by atoms with Crippen molar-refractivity contribution in [2.45, 2.75) is 51.9 Å². The molecule has 1 saturated carbocycles. The third-order valence-electron chi connectivity index (χ3n) is 5.28. The van der Waals surface area contributed by atoms with E-state index in [4.69, 9.17) is 0 Å². The lowest BCUT2D eigenvalue weighted by Gasteiger charge is -2.28. The molecule has 0 amide bonds. The maximum Gasteiger partial charge on any atom is 0.139 e. The predicted molar refractivity (Wildman–Crippen MR) is 78.1 cm³/mol. The molecular formula is C18H24O. The van der Waals surface area contributed by atoms with Crippen LogP contribution in [0.15, 0.2) is 24.3 Å². The van der Waals surface area contributed by atoms with Crippen LogP contribution < -0.4 is 0 Å². The minimum Gasteiger partial charge on any atom is -0.299 e. The van der Waals surface area contributed by atoms with Gasteiger partial charge in [0.1, 0.15) is 5.78 Å². The number of rotatable bonds is 3. The molecule has 1 aromatic rings. The van der Waals surface area contributed by atoms with Crippen molar-refractivity contribution in [3.63, 3.8) is 0 Å². The summed E-state index contributed by atoms with van der Waals surface area (Å²) in [5.41, 5.74) is 2.81. The maximum absolute atomic E-state index is 12.7. The van der Waals surface area contributed by atoms with E-state index < -0.39 is 0 Å². The van der Waals surface area contributed by atoms with E-state index in [2.05, 4.69) is 31.2 Å². The van der Waals surface area contributed by atoms with Crippen LogP contribution in [0.2, 0.25) is 0 Å². The van der Waals surface area contributed by atoms with Crippen molar-refractivity contribution in [3.8, 4) is 0 Å². The topological polar surface area (TPSA) is 17.1 Å². The Labute approximate surface area is 116 Å². The van der Waals surface area contributed by atoms with Crippen LogP contribution in [0.1, 0.15) is 50.2 Å². The monoisotopic (exact) mass is 256 g/mol. The fourth-order valence-electron chi connectivity index (χ4n) is 3.95. The summed E-state index contributed by atoms with van der Waals surface area (Å²) < 4.78 is 0. The second-order valence-corrected chi connectivity index (χ2v) is 6.40. The first-order chi connectivity index (χ1) is 9.28. The highest BCUT2D eigenvalue weighted by Gasteiger charge is 2.33. The third kappa shape index (κ3) is 2.61. The molecule has 0 spiro atoms. The Kier molecular flexibility index (Phi) is 3.72. The summed E-state index contributed by atoms with van der Waals surface area (Å²) in [6, 6.07) is 8.57. The number of carbonyl (C=O) groups excluding carboxylic acids is 1. The van der Waals surface area contributed by atoms with Crippen LogP contribution in [0.25, 0.3) is 0 Å². The van der Waals surface area contributed by atoms with Gasteiger partial charge in [0, 0.05) is 11.8 Å². The molecule has 0 saturated heterocycles. The molecule has 1 nitrogen and oxygen atoms in total. The van der Waals surface area contributed by atoms with Gasteiger partial charge in [0.15, 0.2) is 0 Å². The number of Topliss-reactive ketones (excluding diaryl/α,β-unsaturated/α-hetero) is 1. The molecule has 19 heavy (non-hydrogen) atoms. The van der Waals surface area contributed by atoms with Gasteiger partial charge in [0.2, 0.25) is 0 Å². The molecule has 0 bridgehead atoms. The molecule has 2 aliphatic rings. The molecule has 1 aromatic carbocycles. The fourth-order valence-corrected chi connectivity index (χ4v) is 3.95. The lowest BCUT2D eigenvalue weighted by atomic mass is 9.76. The molecule has 0 N–H and O–H groups in total. The van der Waals surface area contributed by atoms with Crippen molar-refractivity contribution in [1.82, 2.24) is 0 Å². The minimum atomic E-state index is 0.278. The molecular weight excluding hydrogens is 232 g/mol. The molecule has 2 aliphatic carbocycles. The van der Waals surface area contributed by atoms with Gasteiger partial charge in [-0.15, -0.1) is 0 Å². The van der Waals surface area contributed by atoms with Gasteiger partial charge in [-0.3, -0.25) is 4.79 Å². The summed E-state index contributed by atoms with van der Waals surface area (Å²) in [5, 5.41) is 0. The zero-order valence-electron chi connectivity index (χ0n) is 11.9. The Morgan fingerprint density at radius 2 is 1.58 bits per heavy atom. The number of carbonyl (C=O) groups is 1. The summed E-state index contributed by atoms with van der Waals surface area (Å²) >= 11 is 0. The van der Waals surface area contributed by atoms with Gasteiger partial charge in [0.25, 0.3) is 0 Å². The van der Waals surface area contributed by atoms with Gasteiger partial charge in [-0.25, -0.2) is 0 Å². The SMILES string of the molecule is CCC1CCC(C(=O)C2Cc3ccccc3C2)CC1. The highest BCUT2D eigenvalue weighted by Crippen LogP contribution is 2.36. The smallest absolute Gasteiger partial charge is 0.139 e. The quantitative estimate of drug-likeness (QED) is 0.792. The Hall–Kier alpha value is -1.11. The van der Waals surface area contributed by atoms with Gasteiger partial charge in [-0.2, -0.15) is 0 Å². The van der Waals surface area contributed by atoms with Crippen molar-refractivity contribution < 1.29 is 4.79 Å². The first-order valence-corrected chi connectivity index (χ1v) is 7.88. The van der Waals surface area contributed by atoms with Gasteiger partial charge >= 0.3 is 0 Å². The summed E-state index contributed by atoms with van der Waals surface area (Å²) in [5.74, 6) is 2.08. The van der Waals surface area contributed by atoms with E-state index in [1.165, 1.54) is 30.4 Å². The Morgan fingerprint density at radius 3 is 2.11 bits per heavy atom. The second kappa shape index (κ2) is 5.48.